The number of carbonyl (C=O) groups is 1. The maximum absolute atomic E-state index is 11.9. The Morgan fingerprint density at radius 1 is 1.50 bits per heavy atom. The lowest BCUT2D eigenvalue weighted by molar-refractivity contribution is 0.0813. The van der Waals surface area contributed by atoms with Crippen LogP contribution in [0.3, 0.4) is 0 Å². The number of thioether (sulfide) groups is 1. The van der Waals surface area contributed by atoms with Crippen molar-refractivity contribution in [2.75, 3.05) is 11.5 Å². The molecular formula is C11H15N5O3S. The minimum absolute atomic E-state index is 0.0116. The maximum atomic E-state index is 11.9. The lowest BCUT2D eigenvalue weighted by Crippen LogP contribution is -2.23. The lowest BCUT2D eigenvalue weighted by Gasteiger charge is -2.10. The summed E-state index contributed by atoms with van der Waals surface area (Å²) in [6.45, 7) is 5.48. The molecule has 9 heteroatoms. The number of nitrogens with zero attached hydrogens (tertiary/aromatic N) is 4. The third-order valence-electron chi connectivity index (χ3n) is 2.52. The second-order valence-electron chi connectivity index (χ2n) is 4.47. The smallest absolute Gasteiger partial charge is 0.290 e. The predicted octanol–water partition coefficient (Wildman–Crippen LogP) is 0.937. The first kappa shape index (κ1) is 14.4. The molecule has 20 heavy (non-hydrogen) atoms. The highest BCUT2D eigenvalue weighted by molar-refractivity contribution is 7.99. The number of nitrogen functional groups attached to an aromatic ring is 1. The minimum atomic E-state index is -0.474. The SMILES string of the molecule is Cc1cc(=O)n(C(=O)CSc2nnc(N)n2C(C)C)o1. The molecule has 0 radical (unpaired) electrons. The number of hydrogen-bond donors (Lipinski definition) is 1. The van der Waals surface area contributed by atoms with Gasteiger partial charge >= 0.3 is 0 Å². The molecule has 2 heterocycles. The molecule has 0 spiro atoms. The Hall–Kier alpha value is -2.03. The summed E-state index contributed by atoms with van der Waals surface area (Å²) in [6, 6.07) is 1.34. The molecule has 0 aromatic carbocycles. The molecule has 0 aliphatic carbocycles. The molecule has 2 rings (SSSR count). The van der Waals surface area contributed by atoms with Crippen LogP contribution < -0.4 is 11.3 Å². The quantitative estimate of drug-likeness (QED) is 0.836. The van der Waals surface area contributed by atoms with E-state index >= 15 is 0 Å². The van der Waals surface area contributed by atoms with E-state index in [2.05, 4.69) is 10.2 Å². The molecule has 0 saturated carbocycles. The van der Waals surface area contributed by atoms with Gasteiger partial charge in [-0.05, 0) is 20.8 Å². The summed E-state index contributed by atoms with van der Waals surface area (Å²) in [5.74, 6) is 0.242. The van der Waals surface area contributed by atoms with Crippen molar-refractivity contribution in [3.8, 4) is 0 Å². The zero-order valence-corrected chi connectivity index (χ0v) is 12.2. The summed E-state index contributed by atoms with van der Waals surface area (Å²) < 4.78 is 7.48. The van der Waals surface area contributed by atoms with E-state index in [-0.39, 0.29) is 11.8 Å². The van der Waals surface area contributed by atoms with Gasteiger partial charge in [0.25, 0.3) is 11.5 Å². The van der Waals surface area contributed by atoms with Crippen LogP contribution in [0.1, 0.15) is 30.4 Å². The highest BCUT2D eigenvalue weighted by Gasteiger charge is 2.17. The van der Waals surface area contributed by atoms with Crippen LogP contribution in [-0.4, -0.2) is 31.2 Å². The fourth-order valence-corrected chi connectivity index (χ4v) is 2.59. The maximum Gasteiger partial charge on any atom is 0.290 e. The number of carbonyl (C=O) groups excluding carboxylic acids is 1. The van der Waals surface area contributed by atoms with Crippen LogP contribution in [0.15, 0.2) is 20.5 Å². The van der Waals surface area contributed by atoms with Gasteiger partial charge in [0.05, 0.1) is 5.75 Å². The van der Waals surface area contributed by atoms with Crippen LogP contribution in [0.5, 0.6) is 0 Å². The number of anilines is 1. The summed E-state index contributed by atoms with van der Waals surface area (Å²) in [5.41, 5.74) is 5.23. The Morgan fingerprint density at radius 3 is 2.75 bits per heavy atom. The highest BCUT2D eigenvalue weighted by Crippen LogP contribution is 2.22. The van der Waals surface area contributed by atoms with Crippen LogP contribution in [0.2, 0.25) is 0 Å². The average molecular weight is 297 g/mol. The molecular weight excluding hydrogens is 282 g/mol. The first-order valence-electron chi connectivity index (χ1n) is 5.96. The number of aryl methyl sites for hydroxylation is 1. The largest absolute Gasteiger partial charge is 0.373 e. The minimum Gasteiger partial charge on any atom is -0.373 e. The number of nitrogens with two attached hydrogens (primary N) is 1. The van der Waals surface area contributed by atoms with Gasteiger partial charge in [-0.1, -0.05) is 11.8 Å². The van der Waals surface area contributed by atoms with E-state index in [1.165, 1.54) is 6.07 Å². The molecule has 108 valence electrons. The van der Waals surface area contributed by atoms with Gasteiger partial charge in [0.15, 0.2) is 5.16 Å². The second-order valence-corrected chi connectivity index (χ2v) is 5.41. The van der Waals surface area contributed by atoms with Gasteiger partial charge in [-0.2, -0.15) is 0 Å². The van der Waals surface area contributed by atoms with Gasteiger partial charge in [-0.15, -0.1) is 14.9 Å². The zero-order valence-electron chi connectivity index (χ0n) is 11.4. The standard InChI is InChI=1S/C11H15N5O3S/c1-6(2)15-10(12)13-14-11(15)20-5-9(18)16-8(17)4-7(3)19-16/h4,6H,5H2,1-3H3,(H2,12,13). The second kappa shape index (κ2) is 5.53. The molecule has 0 aliphatic rings. The summed E-state index contributed by atoms with van der Waals surface area (Å²) in [6.07, 6.45) is 0. The Morgan fingerprint density at radius 2 is 2.20 bits per heavy atom. The summed E-state index contributed by atoms with van der Waals surface area (Å²) in [4.78, 5) is 23.4. The third kappa shape index (κ3) is 2.77. The first-order chi connectivity index (χ1) is 9.40. The number of hydrogen-bond acceptors (Lipinski definition) is 7. The highest BCUT2D eigenvalue weighted by atomic mass is 32.2. The molecule has 2 aromatic heterocycles. The summed E-state index contributed by atoms with van der Waals surface area (Å²) >= 11 is 1.16. The van der Waals surface area contributed by atoms with Gasteiger partial charge in [0, 0.05) is 12.1 Å². The van der Waals surface area contributed by atoms with Crippen molar-refractivity contribution in [1.29, 1.82) is 0 Å². The fourth-order valence-electron chi connectivity index (χ4n) is 1.68. The van der Waals surface area contributed by atoms with Crippen LogP contribution in [0.4, 0.5) is 5.95 Å². The Bertz CT molecular complexity index is 685. The Balaban J connectivity index is 2.11. The van der Waals surface area contributed by atoms with Crippen LogP contribution in [0.25, 0.3) is 0 Å². The van der Waals surface area contributed by atoms with E-state index in [9.17, 15) is 9.59 Å². The summed E-state index contributed by atoms with van der Waals surface area (Å²) in [7, 11) is 0. The van der Waals surface area contributed by atoms with Gasteiger partial charge in [-0.25, -0.2) is 0 Å². The van der Waals surface area contributed by atoms with Crippen molar-refractivity contribution in [1.82, 2.24) is 19.5 Å². The van der Waals surface area contributed by atoms with Crippen molar-refractivity contribution < 1.29 is 9.32 Å². The molecule has 8 nitrogen and oxygen atoms in total. The summed E-state index contributed by atoms with van der Waals surface area (Å²) in [5, 5.41) is 8.22. The van der Waals surface area contributed by atoms with E-state index in [4.69, 9.17) is 10.3 Å². The monoisotopic (exact) mass is 297 g/mol. The molecule has 0 bridgehead atoms. The zero-order chi connectivity index (χ0) is 14.9. The van der Waals surface area contributed by atoms with Crippen molar-refractivity contribution in [3.05, 3.63) is 22.2 Å². The lowest BCUT2D eigenvalue weighted by atomic mass is 10.4. The van der Waals surface area contributed by atoms with Crippen LogP contribution in [-0.2, 0) is 0 Å². The average Bonchev–Trinajstić information content (AvgIpc) is 2.89. The van der Waals surface area contributed by atoms with E-state index in [1.807, 2.05) is 13.8 Å². The first-order valence-corrected chi connectivity index (χ1v) is 6.95. The number of rotatable bonds is 4. The van der Waals surface area contributed by atoms with Gasteiger partial charge in [-0.3, -0.25) is 14.2 Å². The third-order valence-corrected chi connectivity index (χ3v) is 3.45. The molecule has 0 unspecified atom stereocenters. The van der Waals surface area contributed by atoms with E-state index in [1.54, 1.807) is 11.5 Å². The number of aromatic nitrogens is 4. The van der Waals surface area contributed by atoms with E-state index < -0.39 is 11.5 Å². The molecule has 0 aliphatic heterocycles. The fraction of sp³-hybridized carbons (Fsp3) is 0.455. The van der Waals surface area contributed by atoms with Crippen LogP contribution >= 0.6 is 11.8 Å². The van der Waals surface area contributed by atoms with E-state index in [0.717, 1.165) is 16.5 Å². The molecule has 0 fully saturated rings. The Kier molecular flexibility index (Phi) is 3.98. The van der Waals surface area contributed by atoms with Gasteiger partial charge in [0.2, 0.25) is 5.95 Å². The molecule has 2 aromatic rings. The topological polar surface area (TPSA) is 109 Å². The van der Waals surface area contributed by atoms with Crippen molar-refractivity contribution >= 4 is 23.6 Å². The van der Waals surface area contributed by atoms with Crippen molar-refractivity contribution in [2.24, 2.45) is 0 Å². The van der Waals surface area contributed by atoms with Gasteiger partial charge < -0.3 is 10.3 Å². The van der Waals surface area contributed by atoms with E-state index in [0.29, 0.717) is 16.9 Å². The van der Waals surface area contributed by atoms with Crippen molar-refractivity contribution in [3.63, 3.8) is 0 Å². The Labute approximate surface area is 118 Å². The van der Waals surface area contributed by atoms with Crippen LogP contribution in [0, 0.1) is 6.92 Å². The molecule has 0 atom stereocenters. The molecule has 2 N–H and O–H groups in total. The van der Waals surface area contributed by atoms with Crippen molar-refractivity contribution in [2.45, 2.75) is 32.0 Å². The van der Waals surface area contributed by atoms with Gasteiger partial charge in [0.1, 0.15) is 5.76 Å². The normalized spacial score (nSPS) is 11.2. The predicted molar refractivity (Wildman–Crippen MR) is 73.9 cm³/mol. The molecule has 0 amide bonds. The molecule has 0 saturated heterocycles.